The topological polar surface area (TPSA) is 70.5 Å². The summed E-state index contributed by atoms with van der Waals surface area (Å²) < 4.78 is 16.2. The molecule has 112 valence electrons. The maximum absolute atomic E-state index is 6.00. The third-order valence-corrected chi connectivity index (χ3v) is 3.99. The van der Waals surface area contributed by atoms with Gasteiger partial charge in [-0.1, -0.05) is 17.3 Å². The number of anilines is 1. The van der Waals surface area contributed by atoms with Crippen molar-refractivity contribution in [2.24, 2.45) is 0 Å². The van der Waals surface area contributed by atoms with Crippen LogP contribution in [-0.4, -0.2) is 25.5 Å². The van der Waals surface area contributed by atoms with E-state index in [2.05, 4.69) is 5.16 Å². The highest BCUT2D eigenvalue weighted by Crippen LogP contribution is 2.38. The highest BCUT2D eigenvalue weighted by Gasteiger charge is 2.26. The molecule has 0 amide bonds. The zero-order valence-electron chi connectivity index (χ0n) is 12.4. The first-order valence-electron chi connectivity index (χ1n) is 7.18. The fraction of sp³-hybridized carbons (Fsp3) is 0.438. The molecule has 2 aromatic rings. The number of aromatic nitrogens is 1. The Bertz CT molecular complexity index is 630. The summed E-state index contributed by atoms with van der Waals surface area (Å²) in [6.07, 6.45) is 2.08. The van der Waals surface area contributed by atoms with Crippen LogP contribution < -0.4 is 10.5 Å². The van der Waals surface area contributed by atoms with E-state index in [1.54, 1.807) is 7.11 Å². The number of nitrogens with two attached hydrogens (primary N) is 1. The van der Waals surface area contributed by atoms with Gasteiger partial charge in [0, 0.05) is 12.5 Å². The summed E-state index contributed by atoms with van der Waals surface area (Å²) in [5.74, 6) is 1.42. The second-order valence-electron chi connectivity index (χ2n) is 5.41. The van der Waals surface area contributed by atoms with E-state index in [1.165, 1.54) is 0 Å². The molecule has 1 aliphatic rings. The molecule has 1 unspecified atom stereocenters. The van der Waals surface area contributed by atoms with Gasteiger partial charge in [-0.15, -0.1) is 0 Å². The summed E-state index contributed by atoms with van der Waals surface area (Å²) in [5.41, 5.74) is 9.80. The molecule has 2 N–H and O–H groups in total. The van der Waals surface area contributed by atoms with Crippen molar-refractivity contribution < 1.29 is 14.0 Å². The normalized spacial score (nSPS) is 18.7. The zero-order valence-corrected chi connectivity index (χ0v) is 12.4. The molecule has 21 heavy (non-hydrogen) atoms. The molecule has 1 atom stereocenters. The average Bonchev–Trinajstić information content (AvgIpc) is 2.90. The van der Waals surface area contributed by atoms with Crippen LogP contribution in [0.2, 0.25) is 0 Å². The Morgan fingerprint density at radius 1 is 1.38 bits per heavy atom. The molecule has 0 radical (unpaired) electrons. The summed E-state index contributed by atoms with van der Waals surface area (Å²) in [6.45, 7) is 3.50. The van der Waals surface area contributed by atoms with E-state index >= 15 is 0 Å². The molecular weight excluding hydrogens is 268 g/mol. The van der Waals surface area contributed by atoms with Gasteiger partial charge in [0.05, 0.1) is 25.0 Å². The second kappa shape index (κ2) is 5.77. The Labute approximate surface area is 124 Å². The van der Waals surface area contributed by atoms with Gasteiger partial charge in [0.15, 0.2) is 0 Å². The SMILES string of the molecule is COc1cc(-c2c(C3CCCOC3)noc2N)ccc1C. The van der Waals surface area contributed by atoms with Crippen LogP contribution in [0.15, 0.2) is 22.7 Å². The van der Waals surface area contributed by atoms with Crippen LogP contribution in [0.3, 0.4) is 0 Å². The smallest absolute Gasteiger partial charge is 0.230 e. The summed E-state index contributed by atoms with van der Waals surface area (Å²) in [5, 5.41) is 4.17. The number of aryl methyl sites for hydroxylation is 1. The number of benzene rings is 1. The third kappa shape index (κ3) is 2.61. The van der Waals surface area contributed by atoms with Crippen LogP contribution in [-0.2, 0) is 4.74 Å². The highest BCUT2D eigenvalue weighted by atomic mass is 16.5. The summed E-state index contributed by atoms with van der Waals surface area (Å²) in [7, 11) is 1.67. The molecule has 0 bridgehead atoms. The lowest BCUT2D eigenvalue weighted by atomic mass is 9.92. The summed E-state index contributed by atoms with van der Waals surface area (Å²) in [4.78, 5) is 0. The first-order valence-corrected chi connectivity index (χ1v) is 7.18. The Balaban J connectivity index is 2.03. The van der Waals surface area contributed by atoms with Crippen LogP contribution in [0.4, 0.5) is 5.88 Å². The van der Waals surface area contributed by atoms with Crippen molar-refractivity contribution in [2.75, 3.05) is 26.1 Å². The Morgan fingerprint density at radius 2 is 2.24 bits per heavy atom. The van der Waals surface area contributed by atoms with Gasteiger partial charge < -0.3 is 19.7 Å². The number of ether oxygens (including phenoxy) is 2. The predicted octanol–water partition coefficient (Wildman–Crippen LogP) is 3.13. The minimum absolute atomic E-state index is 0.238. The molecule has 1 saturated heterocycles. The van der Waals surface area contributed by atoms with Crippen molar-refractivity contribution in [2.45, 2.75) is 25.7 Å². The van der Waals surface area contributed by atoms with Crippen LogP contribution in [0, 0.1) is 6.92 Å². The molecule has 2 heterocycles. The molecule has 3 rings (SSSR count). The first-order chi connectivity index (χ1) is 10.2. The fourth-order valence-electron chi connectivity index (χ4n) is 2.82. The molecule has 5 nitrogen and oxygen atoms in total. The number of rotatable bonds is 3. The quantitative estimate of drug-likeness (QED) is 0.939. The molecule has 0 saturated carbocycles. The van der Waals surface area contributed by atoms with E-state index in [1.807, 2.05) is 25.1 Å². The van der Waals surface area contributed by atoms with Crippen molar-refractivity contribution in [1.82, 2.24) is 5.16 Å². The standard InChI is InChI=1S/C16H20N2O3/c1-10-5-6-11(8-13(10)19-2)14-15(18-21-16(14)17)12-4-3-7-20-9-12/h5-6,8,12H,3-4,7,9,17H2,1-2H3. The minimum Gasteiger partial charge on any atom is -0.496 e. The lowest BCUT2D eigenvalue weighted by Crippen LogP contribution is -2.16. The van der Waals surface area contributed by atoms with Gasteiger partial charge in [0.25, 0.3) is 0 Å². The number of hydrogen-bond acceptors (Lipinski definition) is 5. The van der Waals surface area contributed by atoms with Crippen LogP contribution in [0.5, 0.6) is 5.75 Å². The maximum Gasteiger partial charge on any atom is 0.230 e. The molecule has 1 aliphatic heterocycles. The fourth-order valence-corrected chi connectivity index (χ4v) is 2.82. The number of hydrogen-bond donors (Lipinski definition) is 1. The minimum atomic E-state index is 0.238. The largest absolute Gasteiger partial charge is 0.496 e. The average molecular weight is 288 g/mol. The van der Waals surface area contributed by atoms with E-state index in [0.29, 0.717) is 12.5 Å². The van der Waals surface area contributed by atoms with Crippen LogP contribution >= 0.6 is 0 Å². The molecule has 5 heteroatoms. The Morgan fingerprint density at radius 3 is 2.95 bits per heavy atom. The number of nitrogens with zero attached hydrogens (tertiary/aromatic N) is 1. The molecule has 1 aromatic heterocycles. The molecule has 1 fully saturated rings. The van der Waals surface area contributed by atoms with Crippen molar-refractivity contribution in [3.63, 3.8) is 0 Å². The van der Waals surface area contributed by atoms with Gasteiger partial charge >= 0.3 is 0 Å². The number of methoxy groups -OCH3 is 1. The van der Waals surface area contributed by atoms with Gasteiger partial charge in [0.1, 0.15) is 5.75 Å². The van der Waals surface area contributed by atoms with E-state index in [9.17, 15) is 0 Å². The molecule has 0 aliphatic carbocycles. The first kappa shape index (κ1) is 13.9. The van der Waals surface area contributed by atoms with Gasteiger partial charge in [-0.2, -0.15) is 0 Å². The third-order valence-electron chi connectivity index (χ3n) is 3.99. The van der Waals surface area contributed by atoms with Gasteiger partial charge in [0.2, 0.25) is 5.88 Å². The van der Waals surface area contributed by atoms with E-state index in [4.69, 9.17) is 19.7 Å². The highest BCUT2D eigenvalue weighted by molar-refractivity contribution is 5.77. The van der Waals surface area contributed by atoms with Crippen molar-refractivity contribution in [3.05, 3.63) is 29.5 Å². The number of nitrogen functional groups attached to an aromatic ring is 1. The van der Waals surface area contributed by atoms with Gasteiger partial charge in [-0.3, -0.25) is 0 Å². The maximum atomic E-state index is 6.00. The molecular formula is C16H20N2O3. The monoisotopic (exact) mass is 288 g/mol. The van der Waals surface area contributed by atoms with Crippen LogP contribution in [0.25, 0.3) is 11.1 Å². The second-order valence-corrected chi connectivity index (χ2v) is 5.41. The van der Waals surface area contributed by atoms with Gasteiger partial charge in [-0.05, 0) is 37.0 Å². The summed E-state index contributed by atoms with van der Waals surface area (Å²) in [6, 6.07) is 6.01. The van der Waals surface area contributed by atoms with Crippen molar-refractivity contribution >= 4 is 5.88 Å². The van der Waals surface area contributed by atoms with Crippen molar-refractivity contribution in [1.29, 1.82) is 0 Å². The van der Waals surface area contributed by atoms with Crippen molar-refractivity contribution in [3.8, 4) is 16.9 Å². The summed E-state index contributed by atoms with van der Waals surface area (Å²) >= 11 is 0. The van der Waals surface area contributed by atoms with E-state index in [0.717, 1.165) is 47.6 Å². The lowest BCUT2D eigenvalue weighted by Gasteiger charge is -2.21. The molecule has 1 aromatic carbocycles. The molecule has 0 spiro atoms. The van der Waals surface area contributed by atoms with Gasteiger partial charge in [-0.25, -0.2) is 0 Å². The van der Waals surface area contributed by atoms with Crippen LogP contribution in [0.1, 0.15) is 30.0 Å². The van der Waals surface area contributed by atoms with E-state index in [-0.39, 0.29) is 5.92 Å². The predicted molar refractivity (Wildman–Crippen MR) is 80.4 cm³/mol. The zero-order chi connectivity index (χ0) is 14.8. The lowest BCUT2D eigenvalue weighted by molar-refractivity contribution is 0.0785. The Kier molecular flexibility index (Phi) is 3.84. The Hall–Kier alpha value is -2.01. The van der Waals surface area contributed by atoms with E-state index < -0.39 is 0 Å².